The van der Waals surface area contributed by atoms with Crippen LogP contribution in [0.15, 0.2) is 24.3 Å². The molecule has 0 radical (unpaired) electrons. The van der Waals surface area contributed by atoms with E-state index >= 15 is 0 Å². The third-order valence-electron chi connectivity index (χ3n) is 5.99. The number of nitro benzene ring substituents is 1. The molecule has 1 aliphatic rings. The second-order valence-corrected chi connectivity index (χ2v) is 16.2. The molecule has 0 amide bonds. The third kappa shape index (κ3) is 6.99. The molecule has 0 saturated carbocycles. The molecule has 10 nitrogen and oxygen atoms in total. The predicted molar refractivity (Wildman–Crippen MR) is 131 cm³/mol. The van der Waals surface area contributed by atoms with Crippen molar-refractivity contribution in [2.24, 2.45) is 0 Å². The van der Waals surface area contributed by atoms with Gasteiger partial charge in [0, 0.05) is 20.7 Å². The van der Waals surface area contributed by atoms with Gasteiger partial charge in [0.2, 0.25) is 0 Å². The van der Waals surface area contributed by atoms with Crippen LogP contribution in [0.3, 0.4) is 0 Å². The number of hydrogen-bond donors (Lipinski definition) is 3. The van der Waals surface area contributed by atoms with Crippen molar-refractivity contribution in [3.05, 3.63) is 39.9 Å². The summed E-state index contributed by atoms with van der Waals surface area (Å²) >= 11 is 1.17. The van der Waals surface area contributed by atoms with E-state index in [1.54, 1.807) is 31.4 Å². The SMILES string of the molecule is CS[C@]1([C@H](O)CO)[C@H](O)[C@@H](OCOCC[Si](C)(C)C)[C@H](OCc2ccccc2[N+](=O)[O-])O[C@@H]1C. The van der Waals surface area contributed by atoms with Gasteiger partial charge in [-0.2, -0.15) is 11.8 Å². The van der Waals surface area contributed by atoms with E-state index in [2.05, 4.69) is 19.6 Å². The molecule has 0 aromatic heterocycles. The molecule has 3 N–H and O–H groups in total. The molecule has 1 fully saturated rings. The maximum atomic E-state index is 11.3. The molecule has 0 bridgehead atoms. The monoisotopic (exact) mass is 519 g/mol. The molecule has 0 aliphatic carbocycles. The molecule has 12 heteroatoms. The van der Waals surface area contributed by atoms with E-state index in [1.165, 1.54) is 17.8 Å². The van der Waals surface area contributed by atoms with Crippen molar-refractivity contribution in [2.45, 2.75) is 74.7 Å². The van der Waals surface area contributed by atoms with E-state index in [9.17, 15) is 25.4 Å². The lowest BCUT2D eigenvalue weighted by atomic mass is 9.84. The minimum Gasteiger partial charge on any atom is -0.394 e. The Labute approximate surface area is 205 Å². The Morgan fingerprint density at radius 2 is 1.97 bits per heavy atom. The first-order valence-electron chi connectivity index (χ1n) is 11.2. The number of benzene rings is 1. The molecule has 0 spiro atoms. The highest BCUT2D eigenvalue weighted by Gasteiger charge is 2.58. The number of para-hydroxylation sites is 1. The van der Waals surface area contributed by atoms with Gasteiger partial charge in [-0.1, -0.05) is 31.8 Å². The highest BCUT2D eigenvalue weighted by molar-refractivity contribution is 8.00. The van der Waals surface area contributed by atoms with Crippen LogP contribution in [0.4, 0.5) is 5.69 Å². The lowest BCUT2D eigenvalue weighted by Crippen LogP contribution is -2.69. The zero-order chi connectivity index (χ0) is 25.5. The van der Waals surface area contributed by atoms with E-state index in [-0.39, 0.29) is 19.1 Å². The molecule has 194 valence electrons. The highest BCUT2D eigenvalue weighted by atomic mass is 32.2. The van der Waals surface area contributed by atoms with Crippen LogP contribution in [0.2, 0.25) is 25.7 Å². The van der Waals surface area contributed by atoms with Crippen molar-refractivity contribution < 1.29 is 39.2 Å². The summed E-state index contributed by atoms with van der Waals surface area (Å²) in [5.74, 6) is 0. The molecule has 34 heavy (non-hydrogen) atoms. The fourth-order valence-electron chi connectivity index (χ4n) is 3.92. The number of thioether (sulfide) groups is 1. The topological polar surface area (TPSA) is 141 Å². The molecule has 1 heterocycles. The maximum Gasteiger partial charge on any atom is 0.274 e. The summed E-state index contributed by atoms with van der Waals surface area (Å²) in [6, 6.07) is 7.14. The minimum absolute atomic E-state index is 0.0896. The average molecular weight is 520 g/mol. The van der Waals surface area contributed by atoms with E-state index in [0.29, 0.717) is 12.2 Å². The Morgan fingerprint density at radius 1 is 1.29 bits per heavy atom. The van der Waals surface area contributed by atoms with E-state index in [4.69, 9.17) is 18.9 Å². The Morgan fingerprint density at radius 3 is 2.56 bits per heavy atom. The van der Waals surface area contributed by atoms with E-state index in [0.717, 1.165) is 6.04 Å². The first kappa shape index (κ1) is 29.1. The Kier molecular flexibility index (Phi) is 10.9. The smallest absolute Gasteiger partial charge is 0.274 e. The fraction of sp³-hybridized carbons (Fsp3) is 0.727. The summed E-state index contributed by atoms with van der Waals surface area (Å²) in [6.07, 6.45) is -3.76. The van der Waals surface area contributed by atoms with Gasteiger partial charge >= 0.3 is 0 Å². The van der Waals surface area contributed by atoms with Crippen LogP contribution in [0.25, 0.3) is 0 Å². The second kappa shape index (κ2) is 12.7. The van der Waals surface area contributed by atoms with Crippen LogP contribution in [0.5, 0.6) is 0 Å². The van der Waals surface area contributed by atoms with Crippen molar-refractivity contribution in [3.8, 4) is 0 Å². The Balaban J connectivity index is 2.20. The number of aliphatic hydroxyl groups is 3. The molecule has 1 aliphatic heterocycles. The lowest BCUT2D eigenvalue weighted by molar-refractivity contribution is -0.386. The molecular formula is C22H37NO9SSi. The molecule has 1 saturated heterocycles. The highest BCUT2D eigenvalue weighted by Crippen LogP contribution is 2.43. The number of nitrogens with zero attached hydrogens (tertiary/aromatic N) is 1. The number of aliphatic hydroxyl groups excluding tert-OH is 3. The summed E-state index contributed by atoms with van der Waals surface area (Å²) in [5.41, 5.74) is 0.258. The molecule has 2 rings (SSSR count). The summed E-state index contributed by atoms with van der Waals surface area (Å²) in [4.78, 5) is 10.8. The maximum absolute atomic E-state index is 11.3. The summed E-state index contributed by atoms with van der Waals surface area (Å²) in [7, 11) is -1.29. The molecule has 6 atom stereocenters. The van der Waals surface area contributed by atoms with Gasteiger partial charge in [-0.15, -0.1) is 0 Å². The van der Waals surface area contributed by atoms with Crippen molar-refractivity contribution in [3.63, 3.8) is 0 Å². The van der Waals surface area contributed by atoms with Gasteiger partial charge in [0.05, 0.1) is 40.7 Å². The van der Waals surface area contributed by atoms with Gasteiger partial charge < -0.3 is 34.3 Å². The standard InChI is InChI=1S/C22H37NO9SSi/c1-15-22(33-2,18(25)12-24)20(26)19(31-14-29-10-11-34(3,4)5)21(32-15)30-13-16-8-6-7-9-17(16)23(27)28/h6-9,15,18-21,24-26H,10-14H2,1-5H3/t15-,18-,19-,20-,21-,22-/m1/s1. The van der Waals surface area contributed by atoms with Gasteiger partial charge in [0.1, 0.15) is 19.0 Å². The van der Waals surface area contributed by atoms with Crippen LogP contribution in [0, 0.1) is 10.1 Å². The number of nitro groups is 1. The van der Waals surface area contributed by atoms with Gasteiger partial charge in [-0.05, 0) is 25.3 Å². The average Bonchev–Trinajstić information content (AvgIpc) is 2.78. The van der Waals surface area contributed by atoms with Crippen molar-refractivity contribution >= 4 is 25.5 Å². The molecule has 1 aromatic carbocycles. The van der Waals surface area contributed by atoms with Gasteiger partial charge in [0.15, 0.2) is 6.29 Å². The summed E-state index contributed by atoms with van der Waals surface area (Å²) in [5, 5.41) is 42.9. The number of ether oxygens (including phenoxy) is 4. The van der Waals surface area contributed by atoms with Crippen LogP contribution in [-0.4, -0.2) is 90.0 Å². The Bertz CT molecular complexity index is 796. The van der Waals surface area contributed by atoms with Crippen molar-refractivity contribution in [2.75, 3.05) is 26.3 Å². The molecule has 0 unspecified atom stereocenters. The zero-order valence-corrected chi connectivity index (χ0v) is 22.2. The second-order valence-electron chi connectivity index (χ2n) is 9.51. The first-order valence-corrected chi connectivity index (χ1v) is 16.1. The lowest BCUT2D eigenvalue weighted by Gasteiger charge is -2.52. The quantitative estimate of drug-likeness (QED) is 0.117. The van der Waals surface area contributed by atoms with Crippen LogP contribution < -0.4 is 0 Å². The first-order chi connectivity index (χ1) is 16.0. The Hall–Kier alpha value is -1.09. The number of rotatable bonds is 13. The number of hydrogen-bond acceptors (Lipinski definition) is 10. The summed E-state index contributed by atoms with van der Waals surface area (Å²) < 4.78 is 22.1. The van der Waals surface area contributed by atoms with Crippen LogP contribution in [0.1, 0.15) is 12.5 Å². The van der Waals surface area contributed by atoms with Gasteiger partial charge in [0.25, 0.3) is 5.69 Å². The van der Waals surface area contributed by atoms with Crippen LogP contribution >= 0.6 is 11.8 Å². The molecular weight excluding hydrogens is 482 g/mol. The van der Waals surface area contributed by atoms with Crippen LogP contribution in [-0.2, 0) is 25.6 Å². The van der Waals surface area contributed by atoms with E-state index < -0.39 is 55.1 Å². The predicted octanol–water partition coefficient (Wildman–Crippen LogP) is 2.37. The fourth-order valence-corrected chi connectivity index (χ4v) is 5.78. The minimum atomic E-state index is -1.29. The van der Waals surface area contributed by atoms with Crippen molar-refractivity contribution in [1.82, 2.24) is 0 Å². The molecule has 1 aromatic rings. The van der Waals surface area contributed by atoms with Gasteiger partial charge in [-0.3, -0.25) is 10.1 Å². The summed E-state index contributed by atoms with van der Waals surface area (Å²) in [6.45, 7) is 8.01. The largest absolute Gasteiger partial charge is 0.394 e. The van der Waals surface area contributed by atoms with Crippen molar-refractivity contribution in [1.29, 1.82) is 0 Å². The third-order valence-corrected chi connectivity index (χ3v) is 9.25. The normalized spacial score (nSPS) is 28.6. The van der Waals surface area contributed by atoms with Gasteiger partial charge in [-0.25, -0.2) is 0 Å². The van der Waals surface area contributed by atoms with E-state index in [1.807, 2.05) is 0 Å². The zero-order valence-electron chi connectivity index (χ0n) is 20.4.